The fraction of sp³-hybridized carbons (Fsp3) is 0.941. The molecule has 3 unspecified atom stereocenters. The van der Waals surface area contributed by atoms with Crippen molar-refractivity contribution in [2.45, 2.75) is 72.0 Å². The molecule has 0 spiro atoms. The van der Waals surface area contributed by atoms with Crippen LogP contribution < -0.4 is 0 Å². The highest BCUT2D eigenvalue weighted by molar-refractivity contribution is 5.69. The van der Waals surface area contributed by atoms with Crippen LogP contribution >= 0.6 is 0 Å². The minimum absolute atomic E-state index is 0.173. The van der Waals surface area contributed by atoms with E-state index in [0.29, 0.717) is 19.1 Å². The molecule has 5 heteroatoms. The number of aliphatic hydroxyl groups is 1. The average molecular weight is 318 g/mol. The maximum Gasteiger partial charge on any atom is 0.308 e. The van der Waals surface area contributed by atoms with Crippen LogP contribution in [0, 0.1) is 5.92 Å². The van der Waals surface area contributed by atoms with E-state index in [1.54, 1.807) is 13.8 Å². The molecule has 0 aliphatic heterocycles. The number of esters is 1. The SMILES string of the molecule is CCCCC(CC)COCC(O)COC(C)CC(=O)OCC. The normalized spacial score (nSPS) is 15.3. The van der Waals surface area contributed by atoms with Crippen molar-refractivity contribution in [3.8, 4) is 0 Å². The van der Waals surface area contributed by atoms with Gasteiger partial charge >= 0.3 is 5.97 Å². The first-order valence-corrected chi connectivity index (χ1v) is 8.56. The average Bonchev–Trinajstić information content (AvgIpc) is 2.48. The van der Waals surface area contributed by atoms with E-state index >= 15 is 0 Å². The molecule has 0 aromatic carbocycles. The minimum Gasteiger partial charge on any atom is -0.466 e. The summed E-state index contributed by atoms with van der Waals surface area (Å²) in [7, 11) is 0. The Hall–Kier alpha value is -0.650. The molecule has 5 nitrogen and oxygen atoms in total. The van der Waals surface area contributed by atoms with Crippen LogP contribution in [0.4, 0.5) is 0 Å². The quantitative estimate of drug-likeness (QED) is 0.499. The summed E-state index contributed by atoms with van der Waals surface area (Å²) in [4.78, 5) is 11.3. The van der Waals surface area contributed by atoms with Gasteiger partial charge in [-0.05, 0) is 26.2 Å². The summed E-state index contributed by atoms with van der Waals surface area (Å²) in [6.45, 7) is 9.43. The van der Waals surface area contributed by atoms with Crippen LogP contribution in [0.1, 0.15) is 59.8 Å². The molecule has 132 valence electrons. The van der Waals surface area contributed by atoms with Crippen molar-refractivity contribution in [1.29, 1.82) is 0 Å². The standard InChI is InChI=1S/C17H34O5/c1-5-8-9-15(6-2)11-20-12-16(18)13-22-14(4)10-17(19)21-7-3/h14-16,18H,5-13H2,1-4H3. The Morgan fingerprint density at radius 1 is 1.14 bits per heavy atom. The van der Waals surface area contributed by atoms with Crippen molar-refractivity contribution in [2.75, 3.05) is 26.4 Å². The molecule has 3 atom stereocenters. The predicted molar refractivity (Wildman–Crippen MR) is 86.8 cm³/mol. The first-order chi connectivity index (χ1) is 10.5. The Morgan fingerprint density at radius 2 is 1.86 bits per heavy atom. The summed E-state index contributed by atoms with van der Waals surface area (Å²) in [5.74, 6) is 0.290. The van der Waals surface area contributed by atoms with Gasteiger partial charge in [-0.1, -0.05) is 33.1 Å². The Balaban J connectivity index is 3.71. The lowest BCUT2D eigenvalue weighted by atomic mass is 10.0. The molecule has 0 amide bonds. The predicted octanol–water partition coefficient (Wildman–Crippen LogP) is 2.94. The third-order valence-corrected chi connectivity index (χ3v) is 3.54. The largest absolute Gasteiger partial charge is 0.466 e. The van der Waals surface area contributed by atoms with Gasteiger partial charge in [0.25, 0.3) is 0 Å². The van der Waals surface area contributed by atoms with E-state index in [1.807, 2.05) is 0 Å². The van der Waals surface area contributed by atoms with Gasteiger partial charge in [-0.3, -0.25) is 4.79 Å². The number of ether oxygens (including phenoxy) is 3. The Morgan fingerprint density at radius 3 is 2.45 bits per heavy atom. The zero-order valence-electron chi connectivity index (χ0n) is 14.7. The fourth-order valence-electron chi connectivity index (χ4n) is 2.11. The van der Waals surface area contributed by atoms with Gasteiger partial charge in [-0.25, -0.2) is 0 Å². The van der Waals surface area contributed by atoms with Crippen LogP contribution in [0.5, 0.6) is 0 Å². The molecule has 0 aromatic rings. The Labute approximate surface area is 135 Å². The van der Waals surface area contributed by atoms with Crippen LogP contribution in [-0.2, 0) is 19.0 Å². The highest BCUT2D eigenvalue weighted by atomic mass is 16.5. The summed E-state index contributed by atoms with van der Waals surface area (Å²) >= 11 is 0. The number of rotatable bonds is 14. The van der Waals surface area contributed by atoms with Crippen LogP contribution in [-0.4, -0.2) is 49.7 Å². The van der Waals surface area contributed by atoms with Crippen LogP contribution in [0.25, 0.3) is 0 Å². The van der Waals surface area contributed by atoms with Gasteiger partial charge in [0.05, 0.1) is 32.3 Å². The zero-order valence-corrected chi connectivity index (χ0v) is 14.7. The number of hydrogen-bond acceptors (Lipinski definition) is 5. The molecule has 1 N–H and O–H groups in total. The first-order valence-electron chi connectivity index (χ1n) is 8.56. The molecule has 22 heavy (non-hydrogen) atoms. The van der Waals surface area contributed by atoms with Gasteiger partial charge in [-0.15, -0.1) is 0 Å². The maximum atomic E-state index is 11.3. The number of aliphatic hydroxyl groups excluding tert-OH is 1. The lowest BCUT2D eigenvalue weighted by Gasteiger charge is -2.18. The minimum atomic E-state index is -0.659. The number of hydrogen-bond donors (Lipinski definition) is 1. The third kappa shape index (κ3) is 12.0. The molecule has 0 saturated carbocycles. The highest BCUT2D eigenvalue weighted by Gasteiger charge is 2.13. The second-order valence-corrected chi connectivity index (χ2v) is 5.76. The Bertz CT molecular complexity index is 270. The van der Waals surface area contributed by atoms with Crippen molar-refractivity contribution in [1.82, 2.24) is 0 Å². The van der Waals surface area contributed by atoms with E-state index in [-0.39, 0.29) is 31.7 Å². The van der Waals surface area contributed by atoms with Gasteiger partial charge in [0.2, 0.25) is 0 Å². The molecule has 0 rings (SSSR count). The van der Waals surface area contributed by atoms with E-state index in [1.165, 1.54) is 19.3 Å². The van der Waals surface area contributed by atoms with Crippen molar-refractivity contribution in [3.05, 3.63) is 0 Å². The van der Waals surface area contributed by atoms with Crippen LogP contribution in [0.3, 0.4) is 0 Å². The second kappa shape index (κ2) is 14.0. The van der Waals surface area contributed by atoms with Gasteiger partial charge in [-0.2, -0.15) is 0 Å². The molecule has 0 fully saturated rings. The number of carbonyl (C=O) groups excluding carboxylic acids is 1. The zero-order chi connectivity index (χ0) is 16.8. The van der Waals surface area contributed by atoms with Gasteiger partial charge < -0.3 is 19.3 Å². The summed E-state index contributed by atoms with van der Waals surface area (Å²) in [5.41, 5.74) is 0. The lowest BCUT2D eigenvalue weighted by molar-refractivity contribution is -0.146. The second-order valence-electron chi connectivity index (χ2n) is 5.76. The molecule has 0 bridgehead atoms. The first kappa shape index (κ1) is 21.4. The molecular weight excluding hydrogens is 284 g/mol. The number of unbranched alkanes of at least 4 members (excludes halogenated alkanes) is 1. The smallest absolute Gasteiger partial charge is 0.308 e. The topological polar surface area (TPSA) is 65.0 Å². The lowest BCUT2D eigenvalue weighted by Crippen LogP contribution is -2.27. The third-order valence-electron chi connectivity index (χ3n) is 3.54. The van der Waals surface area contributed by atoms with Gasteiger partial charge in [0.1, 0.15) is 6.10 Å². The molecule has 0 heterocycles. The van der Waals surface area contributed by atoms with Crippen molar-refractivity contribution < 1.29 is 24.1 Å². The van der Waals surface area contributed by atoms with Gasteiger partial charge in [0, 0.05) is 6.61 Å². The summed E-state index contributed by atoms with van der Waals surface area (Å²) in [6, 6.07) is 0. The summed E-state index contributed by atoms with van der Waals surface area (Å²) in [6.07, 6.45) is 3.98. The fourth-order valence-corrected chi connectivity index (χ4v) is 2.11. The molecule has 0 saturated heterocycles. The maximum absolute atomic E-state index is 11.3. The van der Waals surface area contributed by atoms with Crippen molar-refractivity contribution in [3.63, 3.8) is 0 Å². The Kier molecular flexibility index (Phi) is 13.6. The van der Waals surface area contributed by atoms with Crippen LogP contribution in [0.2, 0.25) is 0 Å². The monoisotopic (exact) mass is 318 g/mol. The number of carbonyl (C=O) groups is 1. The van der Waals surface area contributed by atoms with E-state index in [4.69, 9.17) is 14.2 Å². The highest BCUT2D eigenvalue weighted by Crippen LogP contribution is 2.13. The van der Waals surface area contributed by atoms with E-state index < -0.39 is 6.10 Å². The van der Waals surface area contributed by atoms with E-state index in [9.17, 15) is 9.90 Å². The van der Waals surface area contributed by atoms with E-state index in [0.717, 1.165) is 6.42 Å². The summed E-state index contributed by atoms with van der Waals surface area (Å²) in [5, 5.41) is 9.83. The molecule has 0 radical (unpaired) electrons. The van der Waals surface area contributed by atoms with Crippen molar-refractivity contribution >= 4 is 5.97 Å². The van der Waals surface area contributed by atoms with Crippen LogP contribution in [0.15, 0.2) is 0 Å². The van der Waals surface area contributed by atoms with Gasteiger partial charge in [0.15, 0.2) is 0 Å². The summed E-state index contributed by atoms with van der Waals surface area (Å²) < 4.78 is 15.9. The molecule has 0 aliphatic rings. The molecule has 0 aromatic heterocycles. The van der Waals surface area contributed by atoms with Crippen molar-refractivity contribution in [2.24, 2.45) is 5.92 Å². The van der Waals surface area contributed by atoms with E-state index in [2.05, 4.69) is 13.8 Å². The molecular formula is C17H34O5. The molecule has 0 aliphatic carbocycles.